The van der Waals surface area contributed by atoms with Gasteiger partial charge >= 0.3 is 0 Å². The average molecular weight is 446 g/mol. The standard InChI is InChI=1S/C21H20ClN3O4S/c1-15-5-6-16(12-20(15)22)24-21(26)14-25(17-7-9-18(29-2)10-8-17)30(27,28)19-4-3-11-23-13-19/h3-13H,14H2,1-2H3,(H,24,26). The molecule has 0 radical (unpaired) electrons. The van der Waals surface area contributed by atoms with E-state index >= 15 is 0 Å². The van der Waals surface area contributed by atoms with Crippen molar-refractivity contribution in [1.29, 1.82) is 0 Å². The number of pyridine rings is 1. The molecule has 30 heavy (non-hydrogen) atoms. The molecule has 0 bridgehead atoms. The Kier molecular flexibility index (Phi) is 6.59. The van der Waals surface area contributed by atoms with E-state index in [1.807, 2.05) is 6.92 Å². The van der Waals surface area contributed by atoms with Crippen molar-refractivity contribution in [3.05, 3.63) is 77.6 Å². The van der Waals surface area contributed by atoms with Gasteiger partial charge in [-0.15, -0.1) is 0 Å². The third-order valence-electron chi connectivity index (χ3n) is 4.33. The highest BCUT2D eigenvalue weighted by Gasteiger charge is 2.27. The lowest BCUT2D eigenvalue weighted by Gasteiger charge is -2.24. The molecule has 0 saturated carbocycles. The number of aromatic nitrogens is 1. The summed E-state index contributed by atoms with van der Waals surface area (Å²) in [6, 6.07) is 14.4. The summed E-state index contributed by atoms with van der Waals surface area (Å²) < 4.78 is 32.6. The molecular weight excluding hydrogens is 426 g/mol. The van der Waals surface area contributed by atoms with Crippen LogP contribution < -0.4 is 14.4 Å². The molecule has 3 aromatic rings. The molecule has 3 rings (SSSR count). The van der Waals surface area contributed by atoms with E-state index in [4.69, 9.17) is 16.3 Å². The lowest BCUT2D eigenvalue weighted by molar-refractivity contribution is -0.114. The van der Waals surface area contributed by atoms with Crippen molar-refractivity contribution < 1.29 is 17.9 Å². The Bertz CT molecular complexity index is 1140. The summed E-state index contributed by atoms with van der Waals surface area (Å²) in [6.45, 7) is 1.41. The first-order valence-electron chi connectivity index (χ1n) is 8.94. The van der Waals surface area contributed by atoms with Gasteiger partial charge in [0.05, 0.1) is 12.8 Å². The first-order chi connectivity index (χ1) is 14.3. The van der Waals surface area contributed by atoms with E-state index < -0.39 is 22.5 Å². The second-order valence-corrected chi connectivity index (χ2v) is 8.68. The fraction of sp³-hybridized carbons (Fsp3) is 0.143. The number of carbonyl (C=O) groups is 1. The minimum absolute atomic E-state index is 0.0213. The van der Waals surface area contributed by atoms with E-state index in [0.717, 1.165) is 9.87 Å². The Morgan fingerprint density at radius 1 is 1.17 bits per heavy atom. The fourth-order valence-corrected chi connectivity index (χ4v) is 4.26. The molecular formula is C21H20ClN3O4S. The van der Waals surface area contributed by atoms with Gasteiger partial charge in [0.15, 0.2) is 0 Å². The van der Waals surface area contributed by atoms with Crippen molar-refractivity contribution in [2.24, 2.45) is 0 Å². The summed E-state index contributed by atoms with van der Waals surface area (Å²) in [5.41, 5.74) is 1.66. The van der Waals surface area contributed by atoms with E-state index in [0.29, 0.717) is 22.1 Å². The Balaban J connectivity index is 1.92. The fourth-order valence-electron chi connectivity index (χ4n) is 2.69. The number of rotatable bonds is 7. The molecule has 0 aliphatic heterocycles. The molecule has 1 heterocycles. The zero-order chi connectivity index (χ0) is 21.7. The molecule has 0 fully saturated rings. The van der Waals surface area contributed by atoms with Gasteiger partial charge in [-0.2, -0.15) is 0 Å². The minimum atomic E-state index is -4.03. The number of amides is 1. The molecule has 0 unspecified atom stereocenters. The highest BCUT2D eigenvalue weighted by Crippen LogP contribution is 2.26. The van der Waals surface area contributed by atoms with Crippen LogP contribution in [-0.4, -0.2) is 33.0 Å². The lowest BCUT2D eigenvalue weighted by Crippen LogP contribution is -2.38. The number of aryl methyl sites for hydroxylation is 1. The molecule has 156 valence electrons. The van der Waals surface area contributed by atoms with E-state index in [-0.39, 0.29) is 4.90 Å². The van der Waals surface area contributed by atoms with Crippen LogP contribution in [0.4, 0.5) is 11.4 Å². The minimum Gasteiger partial charge on any atom is -0.497 e. The van der Waals surface area contributed by atoms with Gasteiger partial charge in [-0.1, -0.05) is 17.7 Å². The molecule has 1 N–H and O–H groups in total. The van der Waals surface area contributed by atoms with Gasteiger partial charge in [0.1, 0.15) is 17.2 Å². The van der Waals surface area contributed by atoms with Gasteiger partial charge in [0, 0.05) is 23.1 Å². The van der Waals surface area contributed by atoms with Crippen LogP contribution in [-0.2, 0) is 14.8 Å². The Hall–Kier alpha value is -3.10. The summed E-state index contributed by atoms with van der Waals surface area (Å²) in [6.07, 6.45) is 2.72. The number of nitrogens with zero attached hydrogens (tertiary/aromatic N) is 2. The van der Waals surface area contributed by atoms with Crippen molar-refractivity contribution in [2.75, 3.05) is 23.3 Å². The van der Waals surface area contributed by atoms with Crippen LogP contribution in [0.2, 0.25) is 5.02 Å². The van der Waals surface area contributed by atoms with Crippen LogP contribution >= 0.6 is 11.6 Å². The van der Waals surface area contributed by atoms with Gasteiger partial charge in [-0.3, -0.25) is 14.1 Å². The van der Waals surface area contributed by atoms with Crippen molar-refractivity contribution in [2.45, 2.75) is 11.8 Å². The number of anilines is 2. The summed E-state index contributed by atoms with van der Waals surface area (Å²) in [4.78, 5) is 16.5. The first-order valence-corrected chi connectivity index (χ1v) is 10.8. The van der Waals surface area contributed by atoms with Crippen molar-refractivity contribution in [3.8, 4) is 5.75 Å². The van der Waals surface area contributed by atoms with E-state index in [1.165, 1.54) is 31.6 Å². The van der Waals surface area contributed by atoms with Crippen LogP contribution in [0.1, 0.15) is 5.56 Å². The van der Waals surface area contributed by atoms with Gasteiger partial charge in [-0.25, -0.2) is 8.42 Å². The Labute approximate surface area is 180 Å². The second-order valence-electron chi connectivity index (χ2n) is 6.41. The van der Waals surface area contributed by atoms with Crippen LogP contribution in [0, 0.1) is 6.92 Å². The molecule has 9 heteroatoms. The lowest BCUT2D eigenvalue weighted by atomic mass is 10.2. The number of benzene rings is 2. The highest BCUT2D eigenvalue weighted by atomic mass is 35.5. The van der Waals surface area contributed by atoms with E-state index in [9.17, 15) is 13.2 Å². The Morgan fingerprint density at radius 2 is 1.90 bits per heavy atom. The zero-order valence-corrected chi connectivity index (χ0v) is 17.9. The van der Waals surface area contributed by atoms with Crippen molar-refractivity contribution in [1.82, 2.24) is 4.98 Å². The first kappa shape index (κ1) is 21.6. The smallest absolute Gasteiger partial charge is 0.266 e. The van der Waals surface area contributed by atoms with Gasteiger partial charge in [-0.05, 0) is 61.0 Å². The average Bonchev–Trinajstić information content (AvgIpc) is 2.75. The number of methoxy groups -OCH3 is 1. The monoisotopic (exact) mass is 445 g/mol. The Morgan fingerprint density at radius 3 is 2.50 bits per heavy atom. The third kappa shape index (κ3) is 4.90. The van der Waals surface area contributed by atoms with E-state index in [1.54, 1.807) is 42.5 Å². The zero-order valence-electron chi connectivity index (χ0n) is 16.4. The molecule has 2 aromatic carbocycles. The maximum absolute atomic E-state index is 13.2. The van der Waals surface area contributed by atoms with Crippen LogP contribution in [0.3, 0.4) is 0 Å². The molecule has 1 amide bonds. The number of ether oxygens (including phenoxy) is 1. The quantitative estimate of drug-likeness (QED) is 0.596. The number of hydrogen-bond donors (Lipinski definition) is 1. The van der Waals surface area contributed by atoms with Crippen LogP contribution in [0.25, 0.3) is 0 Å². The molecule has 0 aliphatic carbocycles. The summed E-state index contributed by atoms with van der Waals surface area (Å²) in [7, 11) is -2.52. The van der Waals surface area contributed by atoms with Crippen LogP contribution in [0.15, 0.2) is 71.9 Å². The maximum Gasteiger partial charge on any atom is 0.266 e. The summed E-state index contributed by atoms with van der Waals surface area (Å²) >= 11 is 6.10. The second kappa shape index (κ2) is 9.15. The maximum atomic E-state index is 13.2. The molecule has 0 spiro atoms. The third-order valence-corrected chi connectivity index (χ3v) is 6.49. The predicted molar refractivity (Wildman–Crippen MR) is 117 cm³/mol. The highest BCUT2D eigenvalue weighted by molar-refractivity contribution is 7.92. The number of sulfonamides is 1. The van der Waals surface area contributed by atoms with Crippen molar-refractivity contribution in [3.63, 3.8) is 0 Å². The number of hydrogen-bond acceptors (Lipinski definition) is 5. The molecule has 7 nitrogen and oxygen atoms in total. The molecule has 0 saturated heterocycles. The molecule has 1 aromatic heterocycles. The van der Waals surface area contributed by atoms with E-state index in [2.05, 4.69) is 10.3 Å². The summed E-state index contributed by atoms with van der Waals surface area (Å²) in [5.74, 6) is 0.0504. The summed E-state index contributed by atoms with van der Waals surface area (Å²) in [5, 5.41) is 3.19. The topological polar surface area (TPSA) is 88.6 Å². The number of nitrogens with one attached hydrogen (secondary N) is 1. The number of halogens is 1. The molecule has 0 aliphatic rings. The predicted octanol–water partition coefficient (Wildman–Crippen LogP) is 3.89. The van der Waals surface area contributed by atoms with Crippen LogP contribution in [0.5, 0.6) is 5.75 Å². The van der Waals surface area contributed by atoms with Gasteiger partial charge < -0.3 is 10.1 Å². The normalized spacial score (nSPS) is 11.0. The largest absolute Gasteiger partial charge is 0.497 e. The SMILES string of the molecule is COc1ccc(N(CC(=O)Nc2ccc(C)c(Cl)c2)S(=O)(=O)c2cccnc2)cc1. The number of carbonyl (C=O) groups excluding carboxylic acids is 1. The van der Waals surface area contributed by atoms with Gasteiger partial charge in [0.2, 0.25) is 5.91 Å². The molecule has 0 atom stereocenters. The van der Waals surface area contributed by atoms with Crippen molar-refractivity contribution >= 4 is 38.9 Å². The van der Waals surface area contributed by atoms with Gasteiger partial charge in [0.25, 0.3) is 10.0 Å².